The molecular formula is C14H11N3O2S. The lowest BCUT2D eigenvalue weighted by Gasteiger charge is -1.99. The van der Waals surface area contributed by atoms with E-state index in [9.17, 15) is 4.79 Å². The van der Waals surface area contributed by atoms with Crippen molar-refractivity contribution < 1.29 is 9.21 Å². The van der Waals surface area contributed by atoms with Gasteiger partial charge in [0.2, 0.25) is 0 Å². The van der Waals surface area contributed by atoms with E-state index in [0.717, 1.165) is 10.7 Å². The molecule has 6 heteroatoms. The SMILES string of the molecule is O=C(NCc1ccco1)c1csc(-c2ccccn2)n1. The predicted molar refractivity (Wildman–Crippen MR) is 75.2 cm³/mol. The van der Waals surface area contributed by atoms with Crippen molar-refractivity contribution in [1.29, 1.82) is 0 Å². The van der Waals surface area contributed by atoms with E-state index in [4.69, 9.17) is 4.42 Å². The molecular weight excluding hydrogens is 274 g/mol. The van der Waals surface area contributed by atoms with Crippen LogP contribution in [-0.4, -0.2) is 15.9 Å². The minimum absolute atomic E-state index is 0.222. The summed E-state index contributed by atoms with van der Waals surface area (Å²) in [6.07, 6.45) is 3.27. The summed E-state index contributed by atoms with van der Waals surface area (Å²) < 4.78 is 5.15. The van der Waals surface area contributed by atoms with Gasteiger partial charge in [0.25, 0.3) is 5.91 Å². The van der Waals surface area contributed by atoms with Crippen molar-refractivity contribution in [3.05, 3.63) is 59.6 Å². The lowest BCUT2D eigenvalue weighted by molar-refractivity contribution is 0.0944. The number of hydrogen-bond donors (Lipinski definition) is 1. The van der Waals surface area contributed by atoms with Crippen molar-refractivity contribution in [3.63, 3.8) is 0 Å². The summed E-state index contributed by atoms with van der Waals surface area (Å²) in [4.78, 5) is 20.5. The number of thiazole rings is 1. The fourth-order valence-corrected chi connectivity index (χ4v) is 2.43. The van der Waals surface area contributed by atoms with E-state index in [2.05, 4.69) is 15.3 Å². The van der Waals surface area contributed by atoms with Crippen molar-refractivity contribution in [1.82, 2.24) is 15.3 Å². The summed E-state index contributed by atoms with van der Waals surface area (Å²) in [7, 11) is 0. The van der Waals surface area contributed by atoms with Gasteiger partial charge in [0.1, 0.15) is 16.5 Å². The van der Waals surface area contributed by atoms with Gasteiger partial charge >= 0.3 is 0 Å². The van der Waals surface area contributed by atoms with Gasteiger partial charge in [0, 0.05) is 11.6 Å². The summed E-state index contributed by atoms with van der Waals surface area (Å²) in [6, 6.07) is 9.18. The highest BCUT2D eigenvalue weighted by atomic mass is 32.1. The summed E-state index contributed by atoms with van der Waals surface area (Å²) in [5.74, 6) is 0.485. The zero-order valence-electron chi connectivity index (χ0n) is 10.4. The standard InChI is InChI=1S/C14H11N3O2S/c18-13(16-8-10-4-3-7-19-10)12-9-20-14(17-12)11-5-1-2-6-15-11/h1-7,9H,8H2,(H,16,18). The van der Waals surface area contributed by atoms with E-state index < -0.39 is 0 Å². The fraction of sp³-hybridized carbons (Fsp3) is 0.0714. The number of pyridine rings is 1. The Morgan fingerprint density at radius 3 is 3.00 bits per heavy atom. The molecule has 1 N–H and O–H groups in total. The van der Waals surface area contributed by atoms with E-state index in [1.165, 1.54) is 11.3 Å². The van der Waals surface area contributed by atoms with Crippen LogP contribution >= 0.6 is 11.3 Å². The van der Waals surface area contributed by atoms with Crippen LogP contribution in [0.2, 0.25) is 0 Å². The molecule has 5 nitrogen and oxygen atoms in total. The second-order valence-corrected chi connectivity index (χ2v) is 4.87. The maximum atomic E-state index is 12.0. The molecule has 3 aromatic rings. The Morgan fingerprint density at radius 2 is 2.25 bits per heavy atom. The van der Waals surface area contributed by atoms with E-state index in [-0.39, 0.29) is 5.91 Å². The first-order valence-electron chi connectivity index (χ1n) is 6.00. The van der Waals surface area contributed by atoms with Gasteiger partial charge in [0.05, 0.1) is 18.5 Å². The van der Waals surface area contributed by atoms with Crippen LogP contribution in [0, 0.1) is 0 Å². The van der Waals surface area contributed by atoms with Crippen LogP contribution < -0.4 is 5.32 Å². The molecule has 0 saturated carbocycles. The number of amides is 1. The maximum Gasteiger partial charge on any atom is 0.271 e. The van der Waals surface area contributed by atoms with Crippen molar-refractivity contribution in [2.75, 3.05) is 0 Å². The molecule has 0 saturated heterocycles. The average molecular weight is 285 g/mol. The monoisotopic (exact) mass is 285 g/mol. The summed E-state index contributed by atoms with van der Waals surface area (Å²) in [5.41, 5.74) is 1.16. The van der Waals surface area contributed by atoms with Crippen molar-refractivity contribution in [3.8, 4) is 10.7 Å². The molecule has 0 bridgehead atoms. The summed E-state index contributed by atoms with van der Waals surface area (Å²) in [5, 5.41) is 5.21. The highest BCUT2D eigenvalue weighted by Crippen LogP contribution is 2.21. The Morgan fingerprint density at radius 1 is 1.30 bits per heavy atom. The minimum Gasteiger partial charge on any atom is -0.467 e. The van der Waals surface area contributed by atoms with Gasteiger partial charge in [-0.15, -0.1) is 11.3 Å². The van der Waals surface area contributed by atoms with Gasteiger partial charge in [0.15, 0.2) is 0 Å². The number of aromatic nitrogens is 2. The van der Waals surface area contributed by atoms with Crippen LogP contribution in [0.15, 0.2) is 52.6 Å². The molecule has 3 heterocycles. The molecule has 0 aromatic carbocycles. The molecule has 0 unspecified atom stereocenters. The molecule has 0 radical (unpaired) electrons. The normalized spacial score (nSPS) is 10.4. The third kappa shape index (κ3) is 2.75. The van der Waals surface area contributed by atoms with Crippen LogP contribution in [0.5, 0.6) is 0 Å². The van der Waals surface area contributed by atoms with Gasteiger partial charge < -0.3 is 9.73 Å². The topological polar surface area (TPSA) is 68.0 Å². The Bertz CT molecular complexity index is 692. The molecule has 0 aliphatic rings. The molecule has 3 aromatic heterocycles. The molecule has 0 atom stereocenters. The van der Waals surface area contributed by atoms with Gasteiger partial charge in [-0.2, -0.15) is 0 Å². The minimum atomic E-state index is -0.222. The Hall–Kier alpha value is -2.47. The zero-order valence-corrected chi connectivity index (χ0v) is 11.3. The first kappa shape index (κ1) is 12.6. The molecule has 0 aliphatic carbocycles. The smallest absolute Gasteiger partial charge is 0.271 e. The third-order valence-electron chi connectivity index (χ3n) is 2.62. The Kier molecular flexibility index (Phi) is 3.56. The van der Waals surface area contributed by atoms with Crippen LogP contribution in [-0.2, 0) is 6.54 Å². The van der Waals surface area contributed by atoms with E-state index in [1.807, 2.05) is 18.2 Å². The highest BCUT2D eigenvalue weighted by Gasteiger charge is 2.12. The van der Waals surface area contributed by atoms with E-state index in [0.29, 0.717) is 18.0 Å². The molecule has 3 rings (SSSR count). The largest absolute Gasteiger partial charge is 0.467 e. The molecule has 0 fully saturated rings. The Balaban J connectivity index is 1.69. The van der Waals surface area contributed by atoms with Crippen molar-refractivity contribution in [2.24, 2.45) is 0 Å². The first-order valence-corrected chi connectivity index (χ1v) is 6.88. The predicted octanol–water partition coefficient (Wildman–Crippen LogP) is 2.73. The third-order valence-corrected chi connectivity index (χ3v) is 3.49. The first-order chi connectivity index (χ1) is 9.83. The highest BCUT2D eigenvalue weighted by molar-refractivity contribution is 7.13. The van der Waals surface area contributed by atoms with E-state index in [1.54, 1.807) is 30.0 Å². The summed E-state index contributed by atoms with van der Waals surface area (Å²) in [6.45, 7) is 0.349. The van der Waals surface area contributed by atoms with Gasteiger partial charge in [-0.3, -0.25) is 9.78 Å². The summed E-state index contributed by atoms with van der Waals surface area (Å²) >= 11 is 1.40. The van der Waals surface area contributed by atoms with Gasteiger partial charge in [-0.25, -0.2) is 4.98 Å². The maximum absolute atomic E-state index is 12.0. The number of carbonyl (C=O) groups is 1. The number of nitrogens with one attached hydrogen (secondary N) is 1. The molecule has 1 amide bonds. The molecule has 100 valence electrons. The lowest BCUT2D eigenvalue weighted by atomic mass is 10.3. The van der Waals surface area contributed by atoms with Crippen LogP contribution in [0.4, 0.5) is 0 Å². The molecule has 0 aliphatic heterocycles. The number of hydrogen-bond acceptors (Lipinski definition) is 5. The van der Waals surface area contributed by atoms with Crippen molar-refractivity contribution >= 4 is 17.2 Å². The van der Waals surface area contributed by atoms with Crippen LogP contribution in [0.25, 0.3) is 10.7 Å². The van der Waals surface area contributed by atoms with E-state index >= 15 is 0 Å². The number of furan rings is 1. The number of rotatable bonds is 4. The molecule has 20 heavy (non-hydrogen) atoms. The second-order valence-electron chi connectivity index (χ2n) is 4.01. The fourth-order valence-electron chi connectivity index (χ4n) is 1.66. The van der Waals surface area contributed by atoms with Gasteiger partial charge in [-0.1, -0.05) is 6.07 Å². The Labute approximate surface area is 119 Å². The number of nitrogens with zero attached hydrogens (tertiary/aromatic N) is 2. The second kappa shape index (κ2) is 5.66. The zero-order chi connectivity index (χ0) is 13.8. The number of carbonyl (C=O) groups excluding carboxylic acids is 1. The van der Waals surface area contributed by atoms with Gasteiger partial charge in [-0.05, 0) is 24.3 Å². The van der Waals surface area contributed by atoms with Crippen LogP contribution in [0.3, 0.4) is 0 Å². The van der Waals surface area contributed by atoms with Crippen molar-refractivity contribution in [2.45, 2.75) is 6.54 Å². The average Bonchev–Trinajstić information content (AvgIpc) is 3.17. The molecule has 0 spiro atoms. The lowest BCUT2D eigenvalue weighted by Crippen LogP contribution is -2.22. The van der Waals surface area contributed by atoms with Crippen LogP contribution in [0.1, 0.15) is 16.2 Å². The quantitative estimate of drug-likeness (QED) is 0.800.